The van der Waals surface area contributed by atoms with E-state index in [1.54, 1.807) is 18.4 Å². The molecule has 0 aliphatic heterocycles. The van der Waals surface area contributed by atoms with E-state index in [0.29, 0.717) is 5.56 Å². The molecule has 4 nitrogen and oxygen atoms in total. The maximum absolute atomic E-state index is 12.2. The van der Waals surface area contributed by atoms with Crippen molar-refractivity contribution in [2.75, 3.05) is 0 Å². The molecule has 1 aromatic heterocycles. The van der Waals surface area contributed by atoms with Gasteiger partial charge in [0.25, 0.3) is 5.91 Å². The van der Waals surface area contributed by atoms with Gasteiger partial charge in [0.2, 0.25) is 0 Å². The Morgan fingerprint density at radius 2 is 1.95 bits per heavy atom. The average Bonchev–Trinajstić information content (AvgIpc) is 2.92. The summed E-state index contributed by atoms with van der Waals surface area (Å²) in [7, 11) is 0. The van der Waals surface area contributed by atoms with Crippen LogP contribution in [-0.4, -0.2) is 11.6 Å². The Morgan fingerprint density at radius 3 is 2.68 bits per heavy atom. The lowest BCUT2D eigenvalue weighted by atomic mass is 9.76. The predicted molar refractivity (Wildman–Crippen MR) is 89.0 cm³/mol. The molecule has 1 heterocycles. The zero-order valence-corrected chi connectivity index (χ0v) is 14.1. The first kappa shape index (κ1) is 15.0. The van der Waals surface area contributed by atoms with Crippen LogP contribution in [0.25, 0.3) is 0 Å². The highest BCUT2D eigenvalue weighted by Crippen LogP contribution is 2.35. The summed E-state index contributed by atoms with van der Waals surface area (Å²) in [5.74, 6) is 0.723. The first-order valence-electron chi connectivity index (χ1n) is 7.14. The van der Waals surface area contributed by atoms with Gasteiger partial charge in [-0.05, 0) is 42.2 Å². The summed E-state index contributed by atoms with van der Waals surface area (Å²) < 4.78 is 6.47. The fraction of sp³-hybridized carbons (Fsp3) is 0.294. The number of nitrogens with one attached hydrogen (secondary N) is 1. The van der Waals surface area contributed by atoms with E-state index in [4.69, 9.17) is 4.42 Å². The van der Waals surface area contributed by atoms with Crippen LogP contribution in [0, 0.1) is 5.41 Å². The van der Waals surface area contributed by atoms with Crippen molar-refractivity contribution in [3.8, 4) is 0 Å². The number of rotatable bonds is 2. The zero-order valence-electron chi connectivity index (χ0n) is 12.5. The van der Waals surface area contributed by atoms with Gasteiger partial charge in [0, 0.05) is 22.0 Å². The quantitative estimate of drug-likeness (QED) is 0.817. The lowest BCUT2D eigenvalue weighted by Crippen LogP contribution is -2.29. The van der Waals surface area contributed by atoms with E-state index in [1.807, 2.05) is 18.2 Å². The normalized spacial score (nSPS) is 18.0. The molecule has 0 atom stereocenters. The highest BCUT2D eigenvalue weighted by Gasteiger charge is 2.31. The van der Waals surface area contributed by atoms with Crippen LogP contribution in [0.4, 0.5) is 0 Å². The lowest BCUT2D eigenvalue weighted by molar-refractivity contribution is 0.0954. The Hall–Kier alpha value is -1.88. The SMILES string of the molecule is CC1(C)C/C(=N\NC(=O)c2ccc(Br)cc2)c2ccoc2C1. The number of fused-ring (bicyclic) bond motifs is 1. The average molecular weight is 361 g/mol. The molecule has 0 saturated heterocycles. The van der Waals surface area contributed by atoms with E-state index >= 15 is 0 Å². The maximum Gasteiger partial charge on any atom is 0.271 e. The molecule has 0 spiro atoms. The standard InChI is InChI=1S/C17H17BrN2O2/c1-17(2)9-14(13-7-8-22-15(13)10-17)19-20-16(21)11-3-5-12(18)6-4-11/h3-8H,9-10H2,1-2H3,(H,20,21)/b19-14+. The van der Waals surface area contributed by atoms with Gasteiger partial charge in [0.1, 0.15) is 5.76 Å². The minimum Gasteiger partial charge on any atom is -0.469 e. The summed E-state index contributed by atoms with van der Waals surface area (Å²) in [5.41, 5.74) is 5.16. The number of benzene rings is 1. The van der Waals surface area contributed by atoms with Crippen LogP contribution < -0.4 is 5.43 Å². The second-order valence-electron chi connectivity index (χ2n) is 6.28. The third kappa shape index (κ3) is 3.14. The molecule has 0 bridgehead atoms. The van der Waals surface area contributed by atoms with Crippen LogP contribution in [0.15, 0.2) is 50.6 Å². The lowest BCUT2D eigenvalue weighted by Gasteiger charge is -2.29. The van der Waals surface area contributed by atoms with Crippen molar-refractivity contribution in [3.63, 3.8) is 0 Å². The van der Waals surface area contributed by atoms with E-state index in [-0.39, 0.29) is 11.3 Å². The summed E-state index contributed by atoms with van der Waals surface area (Å²) in [5, 5.41) is 4.34. The molecule has 1 aliphatic carbocycles. The Morgan fingerprint density at radius 1 is 1.23 bits per heavy atom. The van der Waals surface area contributed by atoms with E-state index < -0.39 is 0 Å². The van der Waals surface area contributed by atoms with E-state index in [0.717, 1.165) is 34.3 Å². The van der Waals surface area contributed by atoms with Crippen LogP contribution in [0.2, 0.25) is 0 Å². The number of amides is 1. The maximum atomic E-state index is 12.2. The van der Waals surface area contributed by atoms with Gasteiger partial charge in [-0.3, -0.25) is 4.79 Å². The Bertz CT molecular complexity index is 729. The van der Waals surface area contributed by atoms with Crippen LogP contribution in [0.3, 0.4) is 0 Å². The summed E-state index contributed by atoms with van der Waals surface area (Å²) >= 11 is 3.35. The molecule has 5 heteroatoms. The first-order chi connectivity index (χ1) is 10.4. The first-order valence-corrected chi connectivity index (χ1v) is 7.93. The monoisotopic (exact) mass is 360 g/mol. The molecule has 3 rings (SSSR count). The number of hydrogen-bond donors (Lipinski definition) is 1. The largest absolute Gasteiger partial charge is 0.469 e. The predicted octanol–water partition coefficient (Wildman–Crippen LogP) is 4.15. The molecule has 114 valence electrons. The number of hydrogen-bond acceptors (Lipinski definition) is 3. The van der Waals surface area contributed by atoms with Crippen LogP contribution in [-0.2, 0) is 6.42 Å². The van der Waals surface area contributed by atoms with Gasteiger partial charge in [-0.1, -0.05) is 29.8 Å². The van der Waals surface area contributed by atoms with Crippen molar-refractivity contribution in [3.05, 3.63) is 58.0 Å². The number of halogens is 1. The Labute approximate surface area is 137 Å². The van der Waals surface area contributed by atoms with Gasteiger partial charge in [-0.2, -0.15) is 5.10 Å². The number of nitrogens with zero attached hydrogens (tertiary/aromatic N) is 1. The number of furan rings is 1. The Balaban J connectivity index is 1.81. The second kappa shape index (κ2) is 5.72. The molecule has 22 heavy (non-hydrogen) atoms. The minimum absolute atomic E-state index is 0.0754. The second-order valence-corrected chi connectivity index (χ2v) is 7.20. The molecule has 1 amide bonds. The topological polar surface area (TPSA) is 54.6 Å². The number of carbonyl (C=O) groups is 1. The highest BCUT2D eigenvalue weighted by atomic mass is 79.9. The third-order valence-corrected chi connectivity index (χ3v) is 4.27. The molecule has 0 saturated carbocycles. The van der Waals surface area contributed by atoms with Gasteiger partial charge >= 0.3 is 0 Å². The van der Waals surface area contributed by atoms with Crippen molar-refractivity contribution in [2.24, 2.45) is 10.5 Å². The Kier molecular flexibility index (Phi) is 3.91. The van der Waals surface area contributed by atoms with Crippen LogP contribution in [0.5, 0.6) is 0 Å². The van der Waals surface area contributed by atoms with Gasteiger partial charge in [-0.25, -0.2) is 5.43 Å². The van der Waals surface area contributed by atoms with Crippen molar-refractivity contribution < 1.29 is 9.21 Å². The fourth-order valence-electron chi connectivity index (χ4n) is 2.66. The number of carbonyl (C=O) groups excluding carboxylic acids is 1. The smallest absolute Gasteiger partial charge is 0.271 e. The van der Waals surface area contributed by atoms with Gasteiger partial charge in [-0.15, -0.1) is 0 Å². The van der Waals surface area contributed by atoms with Gasteiger partial charge in [0.15, 0.2) is 0 Å². The summed E-state index contributed by atoms with van der Waals surface area (Å²) in [6.45, 7) is 4.34. The van der Waals surface area contributed by atoms with Gasteiger partial charge < -0.3 is 4.42 Å². The van der Waals surface area contributed by atoms with Crippen LogP contribution in [0.1, 0.15) is 41.9 Å². The molecule has 1 aromatic carbocycles. The fourth-order valence-corrected chi connectivity index (χ4v) is 2.93. The van der Waals surface area contributed by atoms with Crippen molar-refractivity contribution in [2.45, 2.75) is 26.7 Å². The van der Waals surface area contributed by atoms with Crippen LogP contribution >= 0.6 is 15.9 Å². The highest BCUT2D eigenvalue weighted by molar-refractivity contribution is 9.10. The van der Waals surface area contributed by atoms with Gasteiger partial charge in [0.05, 0.1) is 12.0 Å². The molecule has 0 unspecified atom stereocenters. The number of hydrazone groups is 1. The molecule has 2 aromatic rings. The molecular weight excluding hydrogens is 344 g/mol. The van der Waals surface area contributed by atoms with Crippen molar-refractivity contribution >= 4 is 27.5 Å². The molecule has 1 aliphatic rings. The summed E-state index contributed by atoms with van der Waals surface area (Å²) in [6, 6.07) is 9.09. The molecular formula is C17H17BrN2O2. The summed E-state index contributed by atoms with van der Waals surface area (Å²) in [6.07, 6.45) is 3.37. The summed E-state index contributed by atoms with van der Waals surface area (Å²) in [4.78, 5) is 12.2. The minimum atomic E-state index is -0.214. The van der Waals surface area contributed by atoms with Crippen molar-refractivity contribution in [1.29, 1.82) is 0 Å². The molecule has 0 fully saturated rings. The van der Waals surface area contributed by atoms with E-state index in [9.17, 15) is 4.79 Å². The third-order valence-electron chi connectivity index (χ3n) is 3.74. The van der Waals surface area contributed by atoms with Crippen molar-refractivity contribution in [1.82, 2.24) is 5.43 Å². The zero-order chi connectivity index (χ0) is 15.7. The van der Waals surface area contributed by atoms with E-state index in [1.165, 1.54) is 0 Å². The van der Waals surface area contributed by atoms with E-state index in [2.05, 4.69) is 40.3 Å². The molecule has 0 radical (unpaired) electrons. The molecule has 1 N–H and O–H groups in total.